The first-order valence-electron chi connectivity index (χ1n) is 8.07. The van der Waals surface area contributed by atoms with Crippen LogP contribution in [0.4, 0.5) is 0 Å². The molecule has 3 rings (SSSR count). The van der Waals surface area contributed by atoms with Crippen LogP contribution in [0.15, 0.2) is 30.3 Å². The Morgan fingerprint density at radius 2 is 1.91 bits per heavy atom. The van der Waals surface area contributed by atoms with E-state index in [4.69, 9.17) is 5.73 Å². The lowest BCUT2D eigenvalue weighted by Crippen LogP contribution is -2.51. The predicted octanol–water partition coefficient (Wildman–Crippen LogP) is 1.57. The highest BCUT2D eigenvalue weighted by molar-refractivity contribution is 5.98. The minimum atomic E-state index is -0.361. The molecule has 2 unspecified atom stereocenters. The highest BCUT2D eigenvalue weighted by atomic mass is 35.5. The lowest BCUT2D eigenvalue weighted by molar-refractivity contribution is -0.125. The number of rotatable bonds is 5. The zero-order valence-electron chi connectivity index (χ0n) is 13.1. The number of nitrogens with zero attached hydrogens (tertiary/aromatic N) is 1. The van der Waals surface area contributed by atoms with Crippen LogP contribution in [0.5, 0.6) is 0 Å². The van der Waals surface area contributed by atoms with Gasteiger partial charge in [-0.25, -0.2) is 0 Å². The predicted molar refractivity (Wildman–Crippen MR) is 91.5 cm³/mol. The van der Waals surface area contributed by atoms with Crippen molar-refractivity contribution in [3.63, 3.8) is 0 Å². The number of hydrogen-bond acceptors (Lipinski definition) is 3. The number of amides is 2. The second-order valence-electron chi connectivity index (χ2n) is 6.21. The normalized spacial score (nSPS) is 21.4. The van der Waals surface area contributed by atoms with Gasteiger partial charge in [-0.1, -0.05) is 18.2 Å². The maximum Gasteiger partial charge on any atom is 0.254 e. The van der Waals surface area contributed by atoms with Crippen molar-refractivity contribution in [1.82, 2.24) is 10.2 Å². The molecule has 0 spiro atoms. The summed E-state index contributed by atoms with van der Waals surface area (Å²) in [4.78, 5) is 26.8. The number of halogens is 1. The molecule has 0 aromatic heterocycles. The Morgan fingerprint density at radius 1 is 1.22 bits per heavy atom. The van der Waals surface area contributed by atoms with E-state index in [-0.39, 0.29) is 36.3 Å². The molecule has 2 aliphatic rings. The largest absolute Gasteiger partial charge is 0.350 e. The Morgan fingerprint density at radius 3 is 2.52 bits per heavy atom. The smallest absolute Gasteiger partial charge is 0.254 e. The van der Waals surface area contributed by atoms with E-state index in [1.54, 1.807) is 17.0 Å². The zero-order chi connectivity index (χ0) is 15.5. The molecular weight excluding hydrogens is 314 g/mol. The van der Waals surface area contributed by atoms with E-state index in [1.165, 1.54) is 0 Å². The first-order chi connectivity index (χ1) is 10.7. The van der Waals surface area contributed by atoms with Crippen LogP contribution < -0.4 is 11.1 Å². The van der Waals surface area contributed by atoms with Crippen LogP contribution in [-0.2, 0) is 4.79 Å². The Kier molecular flexibility index (Phi) is 6.02. The Bertz CT molecular complexity index is 548. The minimum Gasteiger partial charge on any atom is -0.350 e. The van der Waals surface area contributed by atoms with Gasteiger partial charge in [-0.2, -0.15) is 0 Å². The second-order valence-corrected chi connectivity index (χ2v) is 6.21. The van der Waals surface area contributed by atoms with Gasteiger partial charge in [-0.3, -0.25) is 9.59 Å². The SMILES string of the molecule is Cl.NCC(NC(=O)C1CCCN1C(=O)c1ccccc1)C1CC1. The van der Waals surface area contributed by atoms with Crippen molar-refractivity contribution in [2.45, 2.75) is 37.8 Å². The van der Waals surface area contributed by atoms with Gasteiger partial charge in [0.05, 0.1) is 0 Å². The summed E-state index contributed by atoms with van der Waals surface area (Å²) in [5, 5.41) is 3.05. The molecule has 1 aromatic rings. The summed E-state index contributed by atoms with van der Waals surface area (Å²) in [5.41, 5.74) is 6.39. The van der Waals surface area contributed by atoms with E-state index in [2.05, 4.69) is 5.32 Å². The van der Waals surface area contributed by atoms with Crippen LogP contribution in [0, 0.1) is 5.92 Å². The maximum atomic E-state index is 12.6. The molecule has 1 aliphatic heterocycles. The monoisotopic (exact) mass is 337 g/mol. The molecule has 1 saturated heterocycles. The van der Waals surface area contributed by atoms with Gasteiger partial charge in [0.25, 0.3) is 5.91 Å². The fraction of sp³-hybridized carbons (Fsp3) is 0.529. The quantitative estimate of drug-likeness (QED) is 0.856. The van der Waals surface area contributed by atoms with E-state index in [0.717, 1.165) is 25.7 Å². The number of likely N-dealkylation sites (tertiary alicyclic amines) is 1. The van der Waals surface area contributed by atoms with Gasteiger partial charge < -0.3 is 16.0 Å². The third-order valence-corrected chi connectivity index (χ3v) is 4.61. The molecule has 6 heteroatoms. The molecular formula is C17H24ClN3O2. The molecule has 0 bridgehead atoms. The summed E-state index contributed by atoms with van der Waals surface area (Å²) in [6.07, 6.45) is 3.87. The molecule has 23 heavy (non-hydrogen) atoms. The summed E-state index contributed by atoms with van der Waals surface area (Å²) in [7, 11) is 0. The van der Waals surface area contributed by atoms with Gasteiger partial charge in [0.15, 0.2) is 0 Å². The highest BCUT2D eigenvalue weighted by Gasteiger charge is 2.37. The number of nitrogens with one attached hydrogen (secondary N) is 1. The van der Waals surface area contributed by atoms with Crippen molar-refractivity contribution in [2.75, 3.05) is 13.1 Å². The Hall–Kier alpha value is -1.59. The van der Waals surface area contributed by atoms with E-state index < -0.39 is 0 Å². The summed E-state index contributed by atoms with van der Waals surface area (Å²) < 4.78 is 0. The molecule has 5 nitrogen and oxygen atoms in total. The summed E-state index contributed by atoms with van der Waals surface area (Å²) >= 11 is 0. The highest BCUT2D eigenvalue weighted by Crippen LogP contribution is 2.32. The van der Waals surface area contributed by atoms with Crippen LogP contribution in [0.3, 0.4) is 0 Å². The van der Waals surface area contributed by atoms with E-state index in [9.17, 15) is 9.59 Å². The Labute approximate surface area is 143 Å². The average molecular weight is 338 g/mol. The Balaban J connectivity index is 0.00000192. The zero-order valence-corrected chi connectivity index (χ0v) is 13.9. The molecule has 1 aromatic carbocycles. The third-order valence-electron chi connectivity index (χ3n) is 4.61. The molecule has 2 atom stereocenters. The molecule has 2 fully saturated rings. The molecule has 0 radical (unpaired) electrons. The van der Waals surface area contributed by atoms with Gasteiger partial charge in [0.1, 0.15) is 6.04 Å². The summed E-state index contributed by atoms with van der Waals surface area (Å²) in [6.45, 7) is 1.11. The maximum absolute atomic E-state index is 12.6. The standard InChI is InChI=1S/C17H23N3O2.ClH/c18-11-14(12-8-9-12)19-16(21)15-7-4-10-20(15)17(22)13-5-2-1-3-6-13;/h1-3,5-6,12,14-15H,4,7-11,18H2,(H,19,21);1H. The first-order valence-corrected chi connectivity index (χ1v) is 8.07. The van der Waals surface area contributed by atoms with Crippen LogP contribution in [0.25, 0.3) is 0 Å². The van der Waals surface area contributed by atoms with Gasteiger partial charge in [-0.05, 0) is 43.7 Å². The third kappa shape index (κ3) is 4.03. The van der Waals surface area contributed by atoms with Crippen LogP contribution in [-0.4, -0.2) is 41.9 Å². The molecule has 1 aliphatic carbocycles. The topological polar surface area (TPSA) is 75.4 Å². The molecule has 126 valence electrons. The van der Waals surface area contributed by atoms with Crippen LogP contribution >= 0.6 is 12.4 Å². The van der Waals surface area contributed by atoms with E-state index in [0.29, 0.717) is 24.6 Å². The van der Waals surface area contributed by atoms with Gasteiger partial charge in [0.2, 0.25) is 5.91 Å². The van der Waals surface area contributed by atoms with Gasteiger partial charge in [-0.15, -0.1) is 12.4 Å². The summed E-state index contributed by atoms with van der Waals surface area (Å²) in [6, 6.07) is 8.85. The number of carbonyl (C=O) groups excluding carboxylic acids is 2. The molecule has 2 amide bonds. The summed E-state index contributed by atoms with van der Waals surface area (Å²) in [5.74, 6) is 0.409. The van der Waals surface area contributed by atoms with Crippen molar-refractivity contribution < 1.29 is 9.59 Å². The van der Waals surface area contributed by atoms with Crippen molar-refractivity contribution >= 4 is 24.2 Å². The first kappa shape index (κ1) is 17.8. The van der Waals surface area contributed by atoms with Crippen molar-refractivity contribution in [2.24, 2.45) is 11.7 Å². The number of benzene rings is 1. The number of hydrogen-bond donors (Lipinski definition) is 2. The lowest BCUT2D eigenvalue weighted by atomic mass is 10.1. The average Bonchev–Trinajstić information content (AvgIpc) is 3.28. The van der Waals surface area contributed by atoms with E-state index in [1.807, 2.05) is 18.2 Å². The fourth-order valence-electron chi connectivity index (χ4n) is 3.18. The van der Waals surface area contributed by atoms with Gasteiger partial charge >= 0.3 is 0 Å². The van der Waals surface area contributed by atoms with Gasteiger partial charge in [0, 0.05) is 24.7 Å². The molecule has 1 saturated carbocycles. The second kappa shape index (κ2) is 7.79. The lowest BCUT2D eigenvalue weighted by Gasteiger charge is -2.26. The van der Waals surface area contributed by atoms with Crippen molar-refractivity contribution in [1.29, 1.82) is 0 Å². The molecule has 3 N–H and O–H groups in total. The molecule has 1 heterocycles. The number of nitrogens with two attached hydrogens (primary N) is 1. The number of carbonyl (C=O) groups is 2. The minimum absolute atomic E-state index is 0. The van der Waals surface area contributed by atoms with Crippen LogP contribution in [0.2, 0.25) is 0 Å². The van der Waals surface area contributed by atoms with E-state index >= 15 is 0 Å². The van der Waals surface area contributed by atoms with Crippen molar-refractivity contribution in [3.05, 3.63) is 35.9 Å². The van der Waals surface area contributed by atoms with Crippen LogP contribution in [0.1, 0.15) is 36.0 Å². The fourth-order valence-corrected chi connectivity index (χ4v) is 3.18. The van der Waals surface area contributed by atoms with Crippen molar-refractivity contribution in [3.8, 4) is 0 Å².